The van der Waals surface area contributed by atoms with E-state index in [0.717, 1.165) is 35.6 Å². The summed E-state index contributed by atoms with van der Waals surface area (Å²) in [6.45, 7) is 4.23. The molecule has 0 atom stereocenters. The summed E-state index contributed by atoms with van der Waals surface area (Å²) in [5.74, 6) is 0. The molecule has 0 aliphatic carbocycles. The number of hydrogen-bond donors (Lipinski definition) is 0. The van der Waals surface area contributed by atoms with Gasteiger partial charge in [-0.25, -0.2) is 0 Å². The van der Waals surface area contributed by atoms with Crippen LogP contribution in [0.2, 0.25) is 0 Å². The molecule has 2 heterocycles. The lowest BCUT2D eigenvalue weighted by Gasteiger charge is -2.04. The topological polar surface area (TPSA) is 25.8 Å². The van der Waals surface area contributed by atoms with Crippen LogP contribution in [-0.4, -0.2) is 9.97 Å². The smallest absolute Gasteiger partial charge is 0.0889 e. The second-order valence-corrected chi connectivity index (χ2v) is 3.74. The molecule has 0 saturated heterocycles. The zero-order chi connectivity index (χ0) is 11.4. The van der Waals surface area contributed by atoms with Gasteiger partial charge in [0.25, 0.3) is 0 Å². The molecule has 0 amide bonds. The molecule has 0 aliphatic heterocycles. The summed E-state index contributed by atoms with van der Waals surface area (Å²) >= 11 is 0. The van der Waals surface area contributed by atoms with Gasteiger partial charge in [0.1, 0.15) is 0 Å². The Morgan fingerprint density at radius 1 is 0.750 bits per heavy atom. The molecule has 0 aromatic carbocycles. The van der Waals surface area contributed by atoms with Crippen LogP contribution in [0, 0.1) is 0 Å². The van der Waals surface area contributed by atoms with E-state index in [1.54, 1.807) is 0 Å². The molecule has 2 nitrogen and oxygen atoms in total. The van der Waals surface area contributed by atoms with E-state index in [1.807, 2.05) is 36.4 Å². The Kier molecular flexibility index (Phi) is 3.30. The summed E-state index contributed by atoms with van der Waals surface area (Å²) in [4.78, 5) is 9.15. The number of aromatic nitrogens is 2. The summed E-state index contributed by atoms with van der Waals surface area (Å²) in [5, 5.41) is 0. The fourth-order valence-electron chi connectivity index (χ4n) is 1.64. The van der Waals surface area contributed by atoms with Crippen molar-refractivity contribution in [1.29, 1.82) is 0 Å². The van der Waals surface area contributed by atoms with E-state index in [1.165, 1.54) is 0 Å². The summed E-state index contributed by atoms with van der Waals surface area (Å²) < 4.78 is 0. The molecule has 0 fully saturated rings. The maximum atomic E-state index is 4.57. The Hall–Kier alpha value is -1.70. The van der Waals surface area contributed by atoms with Crippen LogP contribution >= 0.6 is 0 Å². The molecule has 0 aliphatic rings. The molecule has 16 heavy (non-hydrogen) atoms. The van der Waals surface area contributed by atoms with E-state index in [2.05, 4.69) is 23.8 Å². The predicted octanol–water partition coefficient (Wildman–Crippen LogP) is 3.27. The van der Waals surface area contributed by atoms with Crippen molar-refractivity contribution in [1.82, 2.24) is 9.97 Å². The van der Waals surface area contributed by atoms with Crippen molar-refractivity contribution < 1.29 is 0 Å². The van der Waals surface area contributed by atoms with Crippen molar-refractivity contribution in [3.05, 3.63) is 47.8 Å². The van der Waals surface area contributed by atoms with Crippen molar-refractivity contribution in [2.75, 3.05) is 0 Å². The Labute approximate surface area is 96.4 Å². The van der Waals surface area contributed by atoms with Crippen LogP contribution in [0.5, 0.6) is 0 Å². The van der Waals surface area contributed by atoms with E-state index in [-0.39, 0.29) is 0 Å². The van der Waals surface area contributed by atoms with Crippen LogP contribution in [0.4, 0.5) is 0 Å². The average molecular weight is 212 g/mol. The Balaban J connectivity index is 2.41. The van der Waals surface area contributed by atoms with Crippen LogP contribution in [0.3, 0.4) is 0 Å². The second-order valence-electron chi connectivity index (χ2n) is 3.74. The molecular formula is C14H16N2. The molecule has 0 spiro atoms. The van der Waals surface area contributed by atoms with Crippen molar-refractivity contribution in [2.45, 2.75) is 26.7 Å². The standard InChI is InChI=1S/C14H16N2/c1-3-11-7-5-9-13(15-11)14-10-6-8-12(4-2)16-14/h5-10H,3-4H2,1-2H3. The molecule has 2 aromatic heterocycles. The van der Waals surface area contributed by atoms with Gasteiger partial charge in [0.15, 0.2) is 0 Å². The van der Waals surface area contributed by atoms with Crippen molar-refractivity contribution >= 4 is 0 Å². The molecule has 0 radical (unpaired) electrons. The first-order chi connectivity index (χ1) is 7.83. The van der Waals surface area contributed by atoms with Gasteiger partial charge in [-0.1, -0.05) is 26.0 Å². The van der Waals surface area contributed by atoms with Crippen LogP contribution < -0.4 is 0 Å². The van der Waals surface area contributed by atoms with E-state index in [4.69, 9.17) is 0 Å². The monoisotopic (exact) mass is 212 g/mol. The maximum absolute atomic E-state index is 4.57. The summed E-state index contributed by atoms with van der Waals surface area (Å²) in [7, 11) is 0. The van der Waals surface area contributed by atoms with Crippen LogP contribution in [0.15, 0.2) is 36.4 Å². The van der Waals surface area contributed by atoms with Gasteiger partial charge in [-0.3, -0.25) is 9.97 Å². The van der Waals surface area contributed by atoms with Gasteiger partial charge in [-0.05, 0) is 37.1 Å². The van der Waals surface area contributed by atoms with Gasteiger partial charge >= 0.3 is 0 Å². The van der Waals surface area contributed by atoms with E-state index < -0.39 is 0 Å². The second kappa shape index (κ2) is 4.88. The molecule has 0 bridgehead atoms. The lowest BCUT2D eigenvalue weighted by atomic mass is 10.2. The minimum absolute atomic E-state index is 0.960. The summed E-state index contributed by atoms with van der Waals surface area (Å²) in [5.41, 5.74) is 4.16. The van der Waals surface area contributed by atoms with Crippen LogP contribution in [0.25, 0.3) is 11.4 Å². The Morgan fingerprint density at radius 2 is 1.19 bits per heavy atom. The number of aryl methyl sites for hydroxylation is 2. The zero-order valence-electron chi connectivity index (χ0n) is 9.77. The molecule has 0 unspecified atom stereocenters. The van der Waals surface area contributed by atoms with Crippen molar-refractivity contribution in [3.8, 4) is 11.4 Å². The highest BCUT2D eigenvalue weighted by Gasteiger charge is 2.02. The van der Waals surface area contributed by atoms with Gasteiger partial charge in [0.05, 0.1) is 11.4 Å². The van der Waals surface area contributed by atoms with Crippen LogP contribution in [0.1, 0.15) is 25.2 Å². The van der Waals surface area contributed by atoms with Crippen LogP contribution in [-0.2, 0) is 12.8 Å². The third kappa shape index (κ3) is 2.27. The largest absolute Gasteiger partial charge is 0.251 e. The molecule has 0 N–H and O–H groups in total. The maximum Gasteiger partial charge on any atom is 0.0889 e. The number of pyridine rings is 2. The molecule has 2 heteroatoms. The van der Waals surface area contributed by atoms with Gasteiger partial charge in [0, 0.05) is 11.4 Å². The lowest BCUT2D eigenvalue weighted by molar-refractivity contribution is 1.01. The third-order valence-electron chi connectivity index (χ3n) is 2.60. The van der Waals surface area contributed by atoms with E-state index in [0.29, 0.717) is 0 Å². The molecule has 2 rings (SSSR count). The number of rotatable bonds is 3. The SMILES string of the molecule is CCc1cccc(-c2cccc(CC)n2)n1. The van der Waals surface area contributed by atoms with Gasteiger partial charge in [-0.15, -0.1) is 0 Å². The molecule has 0 saturated carbocycles. The van der Waals surface area contributed by atoms with Crippen molar-refractivity contribution in [3.63, 3.8) is 0 Å². The van der Waals surface area contributed by atoms with Crippen molar-refractivity contribution in [2.24, 2.45) is 0 Å². The van der Waals surface area contributed by atoms with Gasteiger partial charge in [0.2, 0.25) is 0 Å². The Bertz CT molecular complexity index is 432. The number of nitrogens with zero attached hydrogens (tertiary/aromatic N) is 2. The summed E-state index contributed by atoms with van der Waals surface area (Å²) in [6, 6.07) is 12.2. The van der Waals surface area contributed by atoms with Gasteiger partial charge in [-0.2, -0.15) is 0 Å². The quantitative estimate of drug-likeness (QED) is 0.780. The molecular weight excluding hydrogens is 196 g/mol. The first-order valence-electron chi connectivity index (χ1n) is 5.75. The first-order valence-corrected chi connectivity index (χ1v) is 5.75. The molecule has 82 valence electrons. The predicted molar refractivity (Wildman–Crippen MR) is 66.2 cm³/mol. The number of hydrogen-bond acceptors (Lipinski definition) is 2. The van der Waals surface area contributed by atoms with E-state index >= 15 is 0 Å². The fraction of sp³-hybridized carbons (Fsp3) is 0.286. The average Bonchev–Trinajstić information content (AvgIpc) is 2.39. The highest BCUT2D eigenvalue weighted by molar-refractivity contribution is 5.54. The Morgan fingerprint density at radius 3 is 1.56 bits per heavy atom. The highest BCUT2D eigenvalue weighted by Crippen LogP contribution is 2.15. The zero-order valence-corrected chi connectivity index (χ0v) is 9.77. The van der Waals surface area contributed by atoms with Gasteiger partial charge < -0.3 is 0 Å². The lowest BCUT2D eigenvalue weighted by Crippen LogP contribution is -1.94. The molecule has 2 aromatic rings. The van der Waals surface area contributed by atoms with E-state index in [9.17, 15) is 0 Å². The first kappa shape index (κ1) is 10.8. The fourth-order valence-corrected chi connectivity index (χ4v) is 1.64. The minimum Gasteiger partial charge on any atom is -0.251 e. The minimum atomic E-state index is 0.960. The normalized spacial score (nSPS) is 10.4. The highest BCUT2D eigenvalue weighted by atomic mass is 14.8. The third-order valence-corrected chi connectivity index (χ3v) is 2.60. The summed E-state index contributed by atoms with van der Waals surface area (Å²) in [6.07, 6.45) is 1.92.